The van der Waals surface area contributed by atoms with Crippen LogP contribution >= 0.6 is 0 Å². The molecule has 1 heterocycles. The second-order valence-electron chi connectivity index (χ2n) is 5.92. The van der Waals surface area contributed by atoms with E-state index < -0.39 is 11.9 Å². The van der Waals surface area contributed by atoms with Gasteiger partial charge in [0.1, 0.15) is 11.3 Å². The van der Waals surface area contributed by atoms with Gasteiger partial charge in [-0.05, 0) is 11.5 Å². The molecule has 1 amide bonds. The fraction of sp³-hybridized carbons (Fsp3) is 0.368. The highest BCUT2D eigenvalue weighted by atomic mass is 16.5. The van der Waals surface area contributed by atoms with Gasteiger partial charge in [0, 0.05) is 19.0 Å². The van der Waals surface area contributed by atoms with Crippen LogP contribution in [0.3, 0.4) is 0 Å². The van der Waals surface area contributed by atoms with Gasteiger partial charge in [0.15, 0.2) is 5.76 Å². The van der Waals surface area contributed by atoms with Crippen molar-refractivity contribution in [1.29, 1.82) is 0 Å². The van der Waals surface area contributed by atoms with Crippen molar-refractivity contribution in [2.75, 3.05) is 13.2 Å². The molecule has 0 spiro atoms. The molecule has 0 aliphatic carbocycles. The topological polar surface area (TPSA) is 88.8 Å². The number of carbonyl (C=O) groups excluding carboxylic acids is 1. The van der Waals surface area contributed by atoms with Crippen molar-refractivity contribution in [3.63, 3.8) is 0 Å². The van der Waals surface area contributed by atoms with Crippen LogP contribution in [0.15, 0.2) is 40.8 Å². The number of hydrogen-bond donors (Lipinski definition) is 2. The molecule has 1 aromatic heterocycles. The minimum Gasteiger partial charge on any atom is -0.478 e. The number of nitrogens with one attached hydrogen (secondary N) is 1. The van der Waals surface area contributed by atoms with Crippen LogP contribution in [-0.4, -0.2) is 30.1 Å². The summed E-state index contributed by atoms with van der Waals surface area (Å²) in [5.74, 6) is -1.07. The lowest BCUT2D eigenvalue weighted by Gasteiger charge is -2.12. The number of carbonyl (C=O) groups is 2. The molecule has 6 heteroatoms. The number of amides is 1. The standard InChI is InChI=1S/C19H23NO5/c1-3-16-15(19(22)23)9-17(25-16)18(21)20-10-13(2)11-24-12-14-7-5-4-6-8-14/h4-9,13H,3,10-12H2,1-2H3,(H,20,21)(H,22,23). The maximum Gasteiger partial charge on any atom is 0.339 e. The third-order valence-corrected chi connectivity index (χ3v) is 3.71. The van der Waals surface area contributed by atoms with Gasteiger partial charge in [-0.3, -0.25) is 4.79 Å². The van der Waals surface area contributed by atoms with Gasteiger partial charge in [-0.25, -0.2) is 4.79 Å². The second kappa shape index (κ2) is 9.03. The first-order valence-electron chi connectivity index (χ1n) is 8.27. The zero-order valence-corrected chi connectivity index (χ0v) is 14.5. The summed E-state index contributed by atoms with van der Waals surface area (Å²) in [5, 5.41) is 11.8. The highest BCUT2D eigenvalue weighted by Gasteiger charge is 2.20. The Hall–Kier alpha value is -2.60. The summed E-state index contributed by atoms with van der Waals surface area (Å²) in [6, 6.07) is 11.1. The van der Waals surface area contributed by atoms with E-state index in [4.69, 9.17) is 14.3 Å². The molecule has 2 rings (SSSR count). The molecular weight excluding hydrogens is 322 g/mol. The largest absolute Gasteiger partial charge is 0.478 e. The van der Waals surface area contributed by atoms with Gasteiger partial charge in [-0.2, -0.15) is 0 Å². The summed E-state index contributed by atoms with van der Waals surface area (Å²) in [6.45, 7) is 5.19. The van der Waals surface area contributed by atoms with Crippen molar-refractivity contribution in [2.45, 2.75) is 26.9 Å². The number of carboxylic acids is 1. The fourth-order valence-corrected chi connectivity index (χ4v) is 2.35. The van der Waals surface area contributed by atoms with Gasteiger partial charge in [-0.15, -0.1) is 0 Å². The van der Waals surface area contributed by atoms with Crippen LogP contribution in [-0.2, 0) is 17.8 Å². The predicted octanol–water partition coefficient (Wildman–Crippen LogP) is 3.12. The van der Waals surface area contributed by atoms with E-state index in [1.807, 2.05) is 37.3 Å². The lowest BCUT2D eigenvalue weighted by Crippen LogP contribution is -2.29. The minimum atomic E-state index is -1.10. The Morgan fingerprint density at radius 3 is 2.60 bits per heavy atom. The van der Waals surface area contributed by atoms with Gasteiger partial charge in [0.25, 0.3) is 5.91 Å². The molecule has 0 saturated carbocycles. The number of hydrogen-bond acceptors (Lipinski definition) is 4. The van der Waals surface area contributed by atoms with Crippen molar-refractivity contribution < 1.29 is 23.8 Å². The number of carboxylic acid groups (broad SMARTS) is 1. The molecule has 6 nitrogen and oxygen atoms in total. The van der Waals surface area contributed by atoms with Crippen LogP contribution in [0.5, 0.6) is 0 Å². The highest BCUT2D eigenvalue weighted by molar-refractivity contribution is 5.96. The average molecular weight is 345 g/mol. The number of rotatable bonds is 9. The Bertz CT molecular complexity index is 708. The summed E-state index contributed by atoms with van der Waals surface area (Å²) in [6.07, 6.45) is 0.415. The van der Waals surface area contributed by atoms with Gasteiger partial charge in [-0.1, -0.05) is 44.2 Å². The van der Waals surface area contributed by atoms with Crippen LogP contribution < -0.4 is 5.32 Å². The first-order valence-corrected chi connectivity index (χ1v) is 8.27. The van der Waals surface area contributed by atoms with E-state index in [9.17, 15) is 9.59 Å². The average Bonchev–Trinajstić information content (AvgIpc) is 3.05. The van der Waals surface area contributed by atoms with Gasteiger partial charge in [0.05, 0.1) is 13.2 Å². The summed E-state index contributed by atoms with van der Waals surface area (Å²) in [7, 11) is 0. The maximum absolute atomic E-state index is 12.1. The number of aryl methyl sites for hydroxylation is 1. The van der Waals surface area contributed by atoms with Crippen molar-refractivity contribution in [3.8, 4) is 0 Å². The molecule has 0 fully saturated rings. The van der Waals surface area contributed by atoms with E-state index in [0.29, 0.717) is 31.9 Å². The highest BCUT2D eigenvalue weighted by Crippen LogP contribution is 2.16. The van der Waals surface area contributed by atoms with Crippen molar-refractivity contribution >= 4 is 11.9 Å². The summed E-state index contributed by atoms with van der Waals surface area (Å²) in [5.41, 5.74) is 1.13. The summed E-state index contributed by atoms with van der Waals surface area (Å²) in [4.78, 5) is 23.2. The zero-order chi connectivity index (χ0) is 18.2. The Morgan fingerprint density at radius 1 is 1.28 bits per heavy atom. The Morgan fingerprint density at radius 2 is 2.00 bits per heavy atom. The number of aromatic carboxylic acids is 1. The van der Waals surface area contributed by atoms with E-state index >= 15 is 0 Å². The molecule has 0 aliphatic heterocycles. The summed E-state index contributed by atoms with van der Waals surface area (Å²) < 4.78 is 11.0. The zero-order valence-electron chi connectivity index (χ0n) is 14.5. The van der Waals surface area contributed by atoms with Gasteiger partial charge >= 0.3 is 5.97 Å². The molecule has 1 aromatic carbocycles. The Kier molecular flexibility index (Phi) is 6.77. The molecule has 0 saturated heterocycles. The smallest absolute Gasteiger partial charge is 0.339 e. The van der Waals surface area contributed by atoms with E-state index in [1.54, 1.807) is 6.92 Å². The van der Waals surface area contributed by atoms with Crippen LogP contribution in [0.2, 0.25) is 0 Å². The van der Waals surface area contributed by atoms with Crippen molar-refractivity contribution in [3.05, 3.63) is 59.0 Å². The maximum atomic E-state index is 12.1. The first kappa shape index (κ1) is 18.7. The van der Waals surface area contributed by atoms with E-state index in [1.165, 1.54) is 6.07 Å². The molecule has 1 unspecified atom stereocenters. The Labute approximate surface area is 146 Å². The normalized spacial score (nSPS) is 11.9. The van der Waals surface area contributed by atoms with Gasteiger partial charge in [0.2, 0.25) is 0 Å². The molecule has 0 radical (unpaired) electrons. The number of benzene rings is 1. The molecule has 2 aromatic rings. The monoisotopic (exact) mass is 345 g/mol. The molecule has 1 atom stereocenters. The number of ether oxygens (including phenoxy) is 1. The Balaban J connectivity index is 1.78. The number of furan rings is 1. The fourth-order valence-electron chi connectivity index (χ4n) is 2.35. The van der Waals surface area contributed by atoms with Gasteiger partial charge < -0.3 is 19.6 Å². The van der Waals surface area contributed by atoms with Crippen molar-refractivity contribution in [1.82, 2.24) is 5.32 Å². The molecular formula is C19H23NO5. The van der Waals surface area contributed by atoms with Crippen LogP contribution in [0.1, 0.15) is 46.1 Å². The predicted molar refractivity (Wildman–Crippen MR) is 92.6 cm³/mol. The van der Waals surface area contributed by atoms with Crippen molar-refractivity contribution in [2.24, 2.45) is 5.92 Å². The third-order valence-electron chi connectivity index (χ3n) is 3.71. The first-order chi connectivity index (χ1) is 12.0. The van der Waals surface area contributed by atoms with Crippen LogP contribution in [0.25, 0.3) is 0 Å². The lowest BCUT2D eigenvalue weighted by molar-refractivity contribution is 0.0694. The van der Waals surface area contributed by atoms with E-state index in [-0.39, 0.29) is 17.2 Å². The molecule has 2 N–H and O–H groups in total. The molecule has 0 bridgehead atoms. The minimum absolute atomic E-state index is 0.0200. The SMILES string of the molecule is CCc1oc(C(=O)NCC(C)COCc2ccccc2)cc1C(=O)O. The lowest BCUT2D eigenvalue weighted by atomic mass is 10.2. The summed E-state index contributed by atoms with van der Waals surface area (Å²) >= 11 is 0. The van der Waals surface area contributed by atoms with Crippen LogP contribution in [0, 0.1) is 5.92 Å². The quantitative estimate of drug-likeness (QED) is 0.729. The molecule has 25 heavy (non-hydrogen) atoms. The molecule has 134 valence electrons. The second-order valence-corrected chi connectivity index (χ2v) is 5.92. The molecule has 0 aliphatic rings. The third kappa shape index (κ3) is 5.46. The van der Waals surface area contributed by atoms with Crippen LogP contribution in [0.4, 0.5) is 0 Å². The van der Waals surface area contributed by atoms with E-state index in [0.717, 1.165) is 5.56 Å². The van der Waals surface area contributed by atoms with E-state index in [2.05, 4.69) is 5.32 Å².